The van der Waals surface area contributed by atoms with E-state index < -0.39 is 6.43 Å². The third-order valence-corrected chi connectivity index (χ3v) is 0.983. The molecule has 0 radical (unpaired) electrons. The van der Waals surface area contributed by atoms with Crippen LogP contribution in [0.4, 0.5) is 8.78 Å². The zero-order valence-electron chi connectivity index (χ0n) is 5.73. The molecule has 0 unspecified atom stereocenters. The van der Waals surface area contributed by atoms with Crippen molar-refractivity contribution in [3.05, 3.63) is 35.9 Å². The second kappa shape index (κ2) is 6.87. The van der Waals surface area contributed by atoms with Gasteiger partial charge < -0.3 is 0 Å². The first-order valence-corrected chi connectivity index (χ1v) is 9.76. The predicted molar refractivity (Wildman–Crippen MR) is 39.2 cm³/mol. The van der Waals surface area contributed by atoms with Gasteiger partial charge in [0.05, 0.1) is 0 Å². The standard InChI is InChI=1S/C7H5F2.BrH.Zn/c8-7(9)6-4-2-1-3-5-6;;/h1-2,4-5,7H;1H;/q-1;;+2/p-1. The molecule has 0 aromatic heterocycles. The van der Waals surface area contributed by atoms with E-state index in [9.17, 15) is 8.78 Å². The average Bonchev–Trinajstić information content (AvgIpc) is 2.10. The van der Waals surface area contributed by atoms with Crippen molar-refractivity contribution in [1.82, 2.24) is 0 Å². The van der Waals surface area contributed by atoms with E-state index in [0.717, 1.165) is 0 Å². The predicted octanol–water partition coefficient (Wildman–Crippen LogP) is 3.27. The molecule has 0 atom stereocenters. The zero-order chi connectivity index (χ0) is 8.69. The molecule has 1 rings (SSSR count). The molecule has 0 aliphatic carbocycles. The topological polar surface area (TPSA) is 0 Å². The molecule has 0 spiro atoms. The maximum absolute atomic E-state index is 11.7. The summed E-state index contributed by atoms with van der Waals surface area (Å²) >= 11 is 4.25. The number of alkyl halides is 2. The number of hydrogen-bond donors (Lipinski definition) is 0. The SMILES string of the molecule is FC(F)c1c[c-]ccc1.[Zn+][Br]. The van der Waals surface area contributed by atoms with Crippen molar-refractivity contribution < 1.29 is 25.1 Å². The van der Waals surface area contributed by atoms with Gasteiger partial charge in [-0.2, -0.15) is 30.3 Å². The summed E-state index contributed by atoms with van der Waals surface area (Å²) in [5.41, 5.74) is 0.0255. The van der Waals surface area contributed by atoms with E-state index in [2.05, 4.69) is 19.7 Å². The Morgan fingerprint density at radius 2 is 2.09 bits per heavy atom. The first-order valence-electron chi connectivity index (χ1n) is 2.81. The van der Waals surface area contributed by atoms with E-state index in [4.69, 9.17) is 0 Å². The van der Waals surface area contributed by atoms with Gasteiger partial charge >= 0.3 is 30.0 Å². The Labute approximate surface area is 81.0 Å². The Bertz CT molecular complexity index is 179. The molecule has 0 heterocycles. The van der Waals surface area contributed by atoms with Crippen LogP contribution >= 0.6 is 13.6 Å². The van der Waals surface area contributed by atoms with E-state index in [0.29, 0.717) is 0 Å². The monoisotopic (exact) mass is 270 g/mol. The van der Waals surface area contributed by atoms with Gasteiger partial charge in [-0.15, -0.1) is 0 Å². The molecule has 11 heavy (non-hydrogen) atoms. The van der Waals surface area contributed by atoms with Crippen LogP contribution in [0.25, 0.3) is 0 Å². The van der Waals surface area contributed by atoms with Crippen LogP contribution in [0.1, 0.15) is 12.0 Å². The van der Waals surface area contributed by atoms with E-state index in [-0.39, 0.29) is 5.56 Å². The molecule has 0 amide bonds. The zero-order valence-corrected chi connectivity index (χ0v) is 10.3. The van der Waals surface area contributed by atoms with E-state index in [1.54, 1.807) is 12.1 Å². The molecule has 0 aliphatic rings. The first-order chi connectivity index (χ1) is 5.30. The van der Waals surface area contributed by atoms with Crippen molar-refractivity contribution >= 4 is 13.6 Å². The van der Waals surface area contributed by atoms with Crippen LogP contribution in [0.5, 0.6) is 0 Å². The van der Waals surface area contributed by atoms with Gasteiger partial charge in [-0.25, -0.2) is 8.78 Å². The van der Waals surface area contributed by atoms with Crippen LogP contribution in [-0.2, 0) is 16.3 Å². The van der Waals surface area contributed by atoms with Crippen LogP contribution in [0.2, 0.25) is 0 Å². The minimum atomic E-state index is -2.37. The van der Waals surface area contributed by atoms with Gasteiger partial charge in [0.25, 0.3) is 0 Å². The van der Waals surface area contributed by atoms with E-state index >= 15 is 0 Å². The summed E-state index contributed by atoms with van der Waals surface area (Å²) < 4.78 is 23.5. The summed E-state index contributed by atoms with van der Waals surface area (Å²) in [5.74, 6) is 0. The van der Waals surface area contributed by atoms with Crippen molar-refractivity contribution in [2.24, 2.45) is 0 Å². The van der Waals surface area contributed by atoms with Gasteiger partial charge in [-0.1, -0.05) is 5.56 Å². The van der Waals surface area contributed by atoms with Crippen LogP contribution in [-0.4, -0.2) is 0 Å². The third-order valence-electron chi connectivity index (χ3n) is 0.983. The molecule has 1 aromatic rings. The Balaban J connectivity index is 0.000000461. The molecule has 0 bridgehead atoms. The molecular formula is C7H5BrF2Zn. The van der Waals surface area contributed by atoms with Gasteiger partial charge in [-0.3, -0.25) is 0 Å². The van der Waals surface area contributed by atoms with Gasteiger partial charge in [0, 0.05) is 0 Å². The molecule has 0 saturated carbocycles. The normalized spacial score (nSPS) is 8.91. The Hall–Kier alpha value is 0.183. The van der Waals surface area contributed by atoms with Gasteiger partial charge in [0.1, 0.15) is 0 Å². The fourth-order valence-electron chi connectivity index (χ4n) is 0.543. The van der Waals surface area contributed by atoms with Gasteiger partial charge in [-0.05, 0) is 0 Å². The van der Waals surface area contributed by atoms with E-state index in [1.165, 1.54) is 28.5 Å². The summed E-state index contributed by atoms with van der Waals surface area (Å²) in [7, 11) is 0. The Morgan fingerprint density at radius 1 is 1.45 bits per heavy atom. The van der Waals surface area contributed by atoms with Crippen LogP contribution in [0.3, 0.4) is 0 Å². The number of rotatable bonds is 1. The molecule has 0 saturated heterocycles. The summed E-state index contributed by atoms with van der Waals surface area (Å²) in [6, 6.07) is 8.35. The Morgan fingerprint density at radius 3 is 2.36 bits per heavy atom. The molecule has 0 N–H and O–H groups in total. The summed E-state index contributed by atoms with van der Waals surface area (Å²) in [6.45, 7) is 0. The number of benzene rings is 1. The quantitative estimate of drug-likeness (QED) is 0.544. The minimum absolute atomic E-state index is 0.0255. The molecule has 0 aliphatic heterocycles. The first kappa shape index (κ1) is 11.2. The molecule has 1 aromatic carbocycles. The van der Waals surface area contributed by atoms with Crippen molar-refractivity contribution in [3.63, 3.8) is 0 Å². The maximum atomic E-state index is 11.7. The summed E-state index contributed by atoms with van der Waals surface area (Å²) in [6.07, 6.45) is -2.37. The van der Waals surface area contributed by atoms with Gasteiger partial charge in [0.2, 0.25) is 6.43 Å². The van der Waals surface area contributed by atoms with Crippen LogP contribution in [0, 0.1) is 6.07 Å². The van der Waals surface area contributed by atoms with Crippen molar-refractivity contribution in [3.8, 4) is 0 Å². The number of hydrogen-bond acceptors (Lipinski definition) is 0. The molecule has 0 fully saturated rings. The molecule has 56 valence electrons. The summed E-state index contributed by atoms with van der Waals surface area (Å²) in [4.78, 5) is 0. The fraction of sp³-hybridized carbons (Fsp3) is 0.143. The van der Waals surface area contributed by atoms with E-state index in [1.807, 2.05) is 0 Å². The second-order valence-corrected chi connectivity index (χ2v) is 1.64. The fourth-order valence-corrected chi connectivity index (χ4v) is 0.543. The van der Waals surface area contributed by atoms with Crippen molar-refractivity contribution in [2.45, 2.75) is 6.43 Å². The Kier molecular flexibility index (Phi) is 6.98. The van der Waals surface area contributed by atoms with Crippen molar-refractivity contribution in [1.29, 1.82) is 0 Å². The second-order valence-electron chi connectivity index (χ2n) is 1.64. The van der Waals surface area contributed by atoms with Gasteiger partial charge in [0.15, 0.2) is 0 Å². The van der Waals surface area contributed by atoms with Crippen LogP contribution < -0.4 is 0 Å². The summed E-state index contributed by atoms with van der Waals surface area (Å²) in [5, 5.41) is 0. The molecule has 0 nitrogen and oxygen atoms in total. The molecule has 4 heteroatoms. The molecular weight excluding hydrogens is 267 g/mol. The average molecular weight is 272 g/mol. The van der Waals surface area contributed by atoms with Crippen molar-refractivity contribution in [2.75, 3.05) is 0 Å². The third kappa shape index (κ3) is 4.59. The number of halogens is 3. The van der Waals surface area contributed by atoms with Crippen LogP contribution in [0.15, 0.2) is 24.3 Å².